The predicted octanol–water partition coefficient (Wildman–Crippen LogP) is 1.71. The van der Waals surface area contributed by atoms with Gasteiger partial charge in [0.05, 0.1) is 24.8 Å². The normalized spacial score (nSPS) is 21.3. The average molecular weight is 369 g/mol. The van der Waals surface area contributed by atoms with Crippen LogP contribution in [0.3, 0.4) is 0 Å². The number of carbonyl (C=O) groups excluding carboxylic acids is 2. The number of hydrogen-bond donors (Lipinski definition) is 1. The van der Waals surface area contributed by atoms with Gasteiger partial charge in [-0.1, -0.05) is 0 Å². The van der Waals surface area contributed by atoms with Crippen LogP contribution in [-0.2, 0) is 22.5 Å². The number of carbonyl (C=O) groups is 2. The maximum absolute atomic E-state index is 12.9. The topological polar surface area (TPSA) is 93.9 Å². The summed E-state index contributed by atoms with van der Waals surface area (Å²) in [6.45, 7) is 2.36. The Balaban J connectivity index is 1.34. The smallest absolute Gasteiger partial charge is 0.262 e. The maximum atomic E-state index is 12.9. The lowest BCUT2D eigenvalue weighted by Crippen LogP contribution is -2.36. The van der Waals surface area contributed by atoms with Crippen LogP contribution in [0.2, 0.25) is 0 Å². The zero-order chi connectivity index (χ0) is 18.4. The van der Waals surface area contributed by atoms with Gasteiger partial charge in [-0.05, 0) is 24.6 Å². The summed E-state index contributed by atoms with van der Waals surface area (Å²) in [5, 5.41) is 2.73. The van der Waals surface area contributed by atoms with E-state index >= 15 is 0 Å². The standard InChI is InChI=1S/C19H19N3O5/c23-17-10-26-16-7-11(1-2-13(16)20-17)19(24)22-5-3-15-14(8-22)21-18(27-15)12-4-6-25-9-12/h1-2,7,12H,3-6,8-10H2,(H,20,23). The van der Waals surface area contributed by atoms with Crippen LogP contribution in [0.1, 0.15) is 40.0 Å². The van der Waals surface area contributed by atoms with Crippen molar-refractivity contribution in [1.29, 1.82) is 0 Å². The van der Waals surface area contributed by atoms with Gasteiger partial charge in [-0.25, -0.2) is 4.98 Å². The lowest BCUT2D eigenvalue weighted by Gasteiger charge is -2.26. The fraction of sp³-hybridized carbons (Fsp3) is 0.421. The third-order valence-electron chi connectivity index (χ3n) is 5.17. The van der Waals surface area contributed by atoms with Gasteiger partial charge in [-0.15, -0.1) is 0 Å². The number of oxazole rings is 1. The quantitative estimate of drug-likeness (QED) is 0.866. The molecule has 3 aliphatic heterocycles. The third kappa shape index (κ3) is 2.95. The number of nitrogens with one attached hydrogen (secondary N) is 1. The maximum Gasteiger partial charge on any atom is 0.262 e. The molecule has 0 spiro atoms. The van der Waals surface area contributed by atoms with Gasteiger partial charge in [-0.3, -0.25) is 9.59 Å². The third-order valence-corrected chi connectivity index (χ3v) is 5.17. The van der Waals surface area contributed by atoms with Crippen molar-refractivity contribution in [2.75, 3.05) is 31.7 Å². The van der Waals surface area contributed by atoms with Crippen LogP contribution in [0, 0.1) is 0 Å². The number of aromatic nitrogens is 1. The Morgan fingerprint density at radius 1 is 1.33 bits per heavy atom. The van der Waals surface area contributed by atoms with Gasteiger partial charge >= 0.3 is 0 Å². The van der Waals surface area contributed by atoms with E-state index in [2.05, 4.69) is 10.3 Å². The SMILES string of the molecule is O=C1COc2cc(C(=O)N3CCc4oc(C5CCOC5)nc4C3)ccc2N1. The van der Waals surface area contributed by atoms with Crippen LogP contribution in [-0.4, -0.2) is 48.1 Å². The van der Waals surface area contributed by atoms with Crippen molar-refractivity contribution in [1.82, 2.24) is 9.88 Å². The summed E-state index contributed by atoms with van der Waals surface area (Å²) in [6.07, 6.45) is 1.58. The first kappa shape index (κ1) is 16.3. The van der Waals surface area contributed by atoms with Gasteiger partial charge in [0.1, 0.15) is 17.2 Å². The molecule has 0 saturated carbocycles. The molecule has 1 N–H and O–H groups in total. The van der Waals surface area contributed by atoms with Crippen molar-refractivity contribution in [2.24, 2.45) is 0 Å². The zero-order valence-corrected chi connectivity index (χ0v) is 14.7. The molecule has 1 aromatic carbocycles. The van der Waals surface area contributed by atoms with Gasteiger partial charge in [0.25, 0.3) is 11.8 Å². The van der Waals surface area contributed by atoms with E-state index in [4.69, 9.17) is 13.9 Å². The molecule has 0 radical (unpaired) electrons. The summed E-state index contributed by atoms with van der Waals surface area (Å²) in [5.74, 6) is 2.05. The summed E-state index contributed by atoms with van der Waals surface area (Å²) in [7, 11) is 0. The number of amides is 2. The fourth-order valence-corrected chi connectivity index (χ4v) is 3.69. The molecule has 1 unspecified atom stereocenters. The van der Waals surface area contributed by atoms with Crippen molar-refractivity contribution in [3.8, 4) is 5.75 Å². The van der Waals surface area contributed by atoms with Crippen LogP contribution >= 0.6 is 0 Å². The molecule has 8 nitrogen and oxygen atoms in total. The van der Waals surface area contributed by atoms with Crippen molar-refractivity contribution in [2.45, 2.75) is 25.3 Å². The molecular formula is C19H19N3O5. The minimum Gasteiger partial charge on any atom is -0.482 e. The second-order valence-corrected chi connectivity index (χ2v) is 7.01. The number of rotatable bonds is 2. The van der Waals surface area contributed by atoms with Crippen molar-refractivity contribution < 1.29 is 23.5 Å². The van der Waals surface area contributed by atoms with Crippen LogP contribution in [0.4, 0.5) is 5.69 Å². The summed E-state index contributed by atoms with van der Waals surface area (Å²) in [5.41, 5.74) is 1.95. The largest absolute Gasteiger partial charge is 0.482 e. The van der Waals surface area contributed by atoms with E-state index in [9.17, 15) is 9.59 Å². The molecule has 1 fully saturated rings. The number of hydrogen-bond acceptors (Lipinski definition) is 6. The molecular weight excluding hydrogens is 350 g/mol. The van der Waals surface area contributed by atoms with E-state index in [-0.39, 0.29) is 24.3 Å². The highest BCUT2D eigenvalue weighted by Crippen LogP contribution is 2.31. The van der Waals surface area contributed by atoms with Gasteiger partial charge in [0, 0.05) is 25.1 Å². The van der Waals surface area contributed by atoms with E-state index in [0.717, 1.165) is 30.4 Å². The molecule has 140 valence electrons. The van der Waals surface area contributed by atoms with Crippen LogP contribution in [0.25, 0.3) is 0 Å². The highest BCUT2D eigenvalue weighted by Gasteiger charge is 2.30. The van der Waals surface area contributed by atoms with E-state index < -0.39 is 0 Å². The van der Waals surface area contributed by atoms with E-state index in [1.807, 2.05) is 0 Å². The molecule has 1 aromatic heterocycles. The second kappa shape index (κ2) is 6.38. The molecule has 0 aliphatic carbocycles. The van der Waals surface area contributed by atoms with Crippen LogP contribution in [0.5, 0.6) is 5.75 Å². The molecule has 1 atom stereocenters. The number of fused-ring (bicyclic) bond motifs is 2. The van der Waals surface area contributed by atoms with E-state index in [1.165, 1.54) is 0 Å². The molecule has 2 amide bonds. The van der Waals surface area contributed by atoms with E-state index in [1.54, 1.807) is 23.1 Å². The van der Waals surface area contributed by atoms with Crippen molar-refractivity contribution in [3.05, 3.63) is 41.1 Å². The molecule has 5 rings (SSSR count). The Bertz CT molecular complexity index is 916. The summed E-state index contributed by atoms with van der Waals surface area (Å²) in [4.78, 5) is 30.7. The van der Waals surface area contributed by atoms with E-state index in [0.29, 0.717) is 43.1 Å². The lowest BCUT2D eigenvalue weighted by atomic mass is 10.1. The number of benzene rings is 1. The van der Waals surface area contributed by atoms with Gasteiger partial charge in [0.15, 0.2) is 12.5 Å². The molecule has 8 heteroatoms. The average Bonchev–Trinajstić information content (AvgIpc) is 3.35. The predicted molar refractivity (Wildman–Crippen MR) is 93.7 cm³/mol. The van der Waals surface area contributed by atoms with Crippen LogP contribution in [0.15, 0.2) is 22.6 Å². The molecule has 4 heterocycles. The van der Waals surface area contributed by atoms with Crippen molar-refractivity contribution >= 4 is 17.5 Å². The molecule has 3 aliphatic rings. The Hall–Kier alpha value is -2.87. The first-order valence-electron chi connectivity index (χ1n) is 9.09. The molecule has 27 heavy (non-hydrogen) atoms. The minimum absolute atomic E-state index is 0.0374. The summed E-state index contributed by atoms with van der Waals surface area (Å²) in [6, 6.07) is 5.08. The summed E-state index contributed by atoms with van der Waals surface area (Å²) >= 11 is 0. The highest BCUT2D eigenvalue weighted by atomic mass is 16.5. The monoisotopic (exact) mass is 369 g/mol. The van der Waals surface area contributed by atoms with Crippen molar-refractivity contribution in [3.63, 3.8) is 0 Å². The number of ether oxygens (including phenoxy) is 2. The molecule has 2 aromatic rings. The minimum atomic E-state index is -0.195. The van der Waals surface area contributed by atoms with Gasteiger partial charge in [-0.2, -0.15) is 0 Å². The van der Waals surface area contributed by atoms with Crippen LogP contribution < -0.4 is 10.1 Å². The summed E-state index contributed by atoms with van der Waals surface area (Å²) < 4.78 is 16.7. The first-order chi connectivity index (χ1) is 13.2. The Morgan fingerprint density at radius 2 is 2.26 bits per heavy atom. The van der Waals surface area contributed by atoms with Gasteiger partial charge < -0.3 is 24.1 Å². The molecule has 1 saturated heterocycles. The lowest BCUT2D eigenvalue weighted by molar-refractivity contribution is -0.118. The Labute approximate surface area is 155 Å². The first-order valence-corrected chi connectivity index (χ1v) is 9.09. The Morgan fingerprint density at radius 3 is 3.11 bits per heavy atom. The second-order valence-electron chi connectivity index (χ2n) is 7.01. The number of anilines is 1. The zero-order valence-electron chi connectivity index (χ0n) is 14.7. The fourth-order valence-electron chi connectivity index (χ4n) is 3.69. The number of nitrogens with zero attached hydrogens (tertiary/aromatic N) is 2. The van der Waals surface area contributed by atoms with Gasteiger partial charge in [0.2, 0.25) is 0 Å². The molecule has 0 bridgehead atoms. The highest BCUT2D eigenvalue weighted by molar-refractivity contribution is 5.99. The Kier molecular flexibility index (Phi) is 3.86.